The van der Waals surface area contributed by atoms with Crippen molar-refractivity contribution in [1.82, 2.24) is 19.8 Å². The van der Waals surface area contributed by atoms with Crippen LogP contribution in [0.2, 0.25) is 0 Å². The number of piperazine rings is 1. The van der Waals surface area contributed by atoms with Crippen LogP contribution >= 0.6 is 12.4 Å². The van der Waals surface area contributed by atoms with E-state index in [9.17, 15) is 13.2 Å². The summed E-state index contributed by atoms with van der Waals surface area (Å²) in [5.74, 6) is -0.195. The molecule has 3 aromatic carbocycles. The number of nitrogens with zero attached hydrogens (tertiary/aromatic N) is 4. The van der Waals surface area contributed by atoms with Gasteiger partial charge < -0.3 is 14.8 Å². The van der Waals surface area contributed by atoms with Crippen molar-refractivity contribution in [2.75, 3.05) is 42.1 Å². The van der Waals surface area contributed by atoms with Crippen LogP contribution in [0.25, 0.3) is 5.69 Å². The monoisotopic (exact) mass is 580 g/mol. The summed E-state index contributed by atoms with van der Waals surface area (Å²) in [4.78, 5) is 21.9. The number of hydrogen-bond acceptors (Lipinski definition) is 6. The number of nitrogens with one attached hydrogen (secondary N) is 2. The Bertz CT molecular complexity index is 1500. The highest BCUT2D eigenvalue weighted by Gasteiger charge is 2.28. The Morgan fingerprint density at radius 2 is 1.73 bits per heavy atom. The standard InChI is InChI=1S/C29H32N6O3S.ClH/c1-39(37,38)32-25-12-10-24(11-13-25)29(36)31-19-28-21-34(17-16-33(28)20-23-6-3-2-4-7-23)26-8-5-9-27(18-26)35-15-14-30-22-35;/h2-15,18,22,28,32H,16-17,19-21H2,1H3,(H,31,36);1H. The topological polar surface area (TPSA) is 99.6 Å². The fraction of sp³-hybridized carbons (Fsp3) is 0.241. The second-order valence-corrected chi connectivity index (χ2v) is 11.5. The molecule has 0 spiro atoms. The third-order valence-corrected chi connectivity index (χ3v) is 7.39. The number of carbonyl (C=O) groups is 1. The maximum absolute atomic E-state index is 13.0. The van der Waals surface area contributed by atoms with Crippen LogP contribution in [0.15, 0.2) is 97.6 Å². The summed E-state index contributed by atoms with van der Waals surface area (Å²) < 4.78 is 27.3. The molecule has 0 aliphatic carbocycles. The zero-order chi connectivity index (χ0) is 27.2. The quantitative estimate of drug-likeness (QED) is 0.313. The Kier molecular flexibility index (Phi) is 9.46. The molecule has 2 N–H and O–H groups in total. The van der Waals surface area contributed by atoms with Gasteiger partial charge in [0.2, 0.25) is 10.0 Å². The summed E-state index contributed by atoms with van der Waals surface area (Å²) >= 11 is 0. The zero-order valence-electron chi connectivity index (χ0n) is 22.2. The zero-order valence-corrected chi connectivity index (χ0v) is 23.8. The molecule has 9 nitrogen and oxygen atoms in total. The van der Waals surface area contributed by atoms with Crippen LogP contribution < -0.4 is 14.9 Å². The number of imidazole rings is 1. The Balaban J connectivity index is 0.00000370. The smallest absolute Gasteiger partial charge is 0.251 e. The summed E-state index contributed by atoms with van der Waals surface area (Å²) in [7, 11) is -3.38. The van der Waals surface area contributed by atoms with Crippen molar-refractivity contribution in [3.63, 3.8) is 0 Å². The average Bonchev–Trinajstić information content (AvgIpc) is 3.48. The summed E-state index contributed by atoms with van der Waals surface area (Å²) in [5, 5.41) is 3.10. The number of amides is 1. The summed E-state index contributed by atoms with van der Waals surface area (Å²) in [5.41, 5.74) is 4.31. The molecular weight excluding hydrogens is 548 g/mol. The van der Waals surface area contributed by atoms with Gasteiger partial charge in [-0.3, -0.25) is 14.4 Å². The number of rotatable bonds is 9. The lowest BCUT2D eigenvalue weighted by Crippen LogP contribution is -2.56. The van der Waals surface area contributed by atoms with Crippen LogP contribution in [0.4, 0.5) is 11.4 Å². The lowest BCUT2D eigenvalue weighted by atomic mass is 10.1. The molecule has 4 aromatic rings. The van der Waals surface area contributed by atoms with E-state index in [0.717, 1.165) is 43.8 Å². The van der Waals surface area contributed by atoms with E-state index < -0.39 is 10.0 Å². The molecule has 210 valence electrons. The highest BCUT2D eigenvalue weighted by Crippen LogP contribution is 2.23. The average molecular weight is 581 g/mol. The van der Waals surface area contributed by atoms with Crippen molar-refractivity contribution < 1.29 is 13.2 Å². The van der Waals surface area contributed by atoms with E-state index in [-0.39, 0.29) is 24.4 Å². The Morgan fingerprint density at radius 3 is 2.42 bits per heavy atom. The number of aromatic nitrogens is 2. The second kappa shape index (κ2) is 13.0. The van der Waals surface area contributed by atoms with Gasteiger partial charge in [0.05, 0.1) is 12.6 Å². The van der Waals surface area contributed by atoms with Gasteiger partial charge >= 0.3 is 0 Å². The number of sulfonamides is 1. The summed E-state index contributed by atoms with van der Waals surface area (Å²) in [6.07, 6.45) is 6.58. The molecule has 1 unspecified atom stereocenters. The summed E-state index contributed by atoms with van der Waals surface area (Å²) in [6, 6.07) is 25.3. The fourth-order valence-electron chi connectivity index (χ4n) is 4.83. The molecule has 1 saturated heterocycles. The van der Waals surface area contributed by atoms with E-state index in [2.05, 4.69) is 61.2 Å². The molecule has 5 rings (SSSR count). The molecule has 2 heterocycles. The number of benzene rings is 3. The maximum Gasteiger partial charge on any atom is 0.251 e. The molecule has 0 bridgehead atoms. The number of carbonyl (C=O) groups excluding carboxylic acids is 1. The third kappa shape index (κ3) is 7.62. The molecule has 0 saturated carbocycles. The molecule has 1 aliphatic rings. The van der Waals surface area contributed by atoms with E-state index >= 15 is 0 Å². The van der Waals surface area contributed by atoms with Crippen molar-refractivity contribution in [2.45, 2.75) is 12.6 Å². The number of anilines is 2. The molecule has 1 aromatic heterocycles. The van der Waals surface area contributed by atoms with E-state index in [1.54, 1.807) is 36.8 Å². The van der Waals surface area contributed by atoms with Crippen molar-refractivity contribution in [3.8, 4) is 5.69 Å². The molecule has 0 radical (unpaired) electrons. The maximum atomic E-state index is 13.0. The minimum Gasteiger partial charge on any atom is -0.369 e. The number of halogens is 1. The lowest BCUT2D eigenvalue weighted by Gasteiger charge is -2.42. The van der Waals surface area contributed by atoms with Crippen molar-refractivity contribution in [1.29, 1.82) is 0 Å². The van der Waals surface area contributed by atoms with Gasteiger partial charge in [-0.2, -0.15) is 0 Å². The minimum atomic E-state index is -3.38. The highest BCUT2D eigenvalue weighted by atomic mass is 35.5. The van der Waals surface area contributed by atoms with Crippen molar-refractivity contribution in [2.24, 2.45) is 0 Å². The first kappa shape index (κ1) is 29.1. The highest BCUT2D eigenvalue weighted by molar-refractivity contribution is 7.92. The van der Waals surface area contributed by atoms with E-state index in [1.807, 2.05) is 29.0 Å². The molecule has 1 amide bonds. The lowest BCUT2D eigenvalue weighted by molar-refractivity contribution is 0.0924. The predicted molar refractivity (Wildman–Crippen MR) is 161 cm³/mol. The van der Waals surface area contributed by atoms with Crippen LogP contribution in [0, 0.1) is 0 Å². The molecular formula is C29H33ClN6O3S. The molecule has 40 heavy (non-hydrogen) atoms. The second-order valence-electron chi connectivity index (χ2n) is 9.71. The van der Waals surface area contributed by atoms with Gasteiger partial charge in [-0.1, -0.05) is 36.4 Å². The van der Waals surface area contributed by atoms with E-state index in [4.69, 9.17) is 0 Å². The van der Waals surface area contributed by atoms with Crippen LogP contribution in [-0.2, 0) is 16.6 Å². The molecule has 11 heteroatoms. The van der Waals surface area contributed by atoms with Gasteiger partial charge in [-0.05, 0) is 48.0 Å². The van der Waals surface area contributed by atoms with Gasteiger partial charge in [0.15, 0.2) is 0 Å². The van der Waals surface area contributed by atoms with Gasteiger partial charge in [0, 0.05) is 73.8 Å². The normalized spacial score (nSPS) is 15.7. The fourth-order valence-corrected chi connectivity index (χ4v) is 5.39. The van der Waals surface area contributed by atoms with Crippen LogP contribution in [0.5, 0.6) is 0 Å². The van der Waals surface area contributed by atoms with Crippen LogP contribution in [-0.4, -0.2) is 67.3 Å². The van der Waals surface area contributed by atoms with Gasteiger partial charge in [-0.15, -0.1) is 12.4 Å². The van der Waals surface area contributed by atoms with E-state index in [1.165, 1.54) is 5.56 Å². The Hall–Kier alpha value is -3.86. The van der Waals surface area contributed by atoms with Crippen LogP contribution in [0.1, 0.15) is 15.9 Å². The molecule has 1 atom stereocenters. The van der Waals surface area contributed by atoms with Crippen LogP contribution in [0.3, 0.4) is 0 Å². The van der Waals surface area contributed by atoms with Gasteiger partial charge in [0.1, 0.15) is 0 Å². The largest absolute Gasteiger partial charge is 0.369 e. The van der Waals surface area contributed by atoms with Crippen molar-refractivity contribution >= 4 is 39.7 Å². The van der Waals surface area contributed by atoms with E-state index in [0.29, 0.717) is 17.8 Å². The first-order valence-corrected chi connectivity index (χ1v) is 14.7. The predicted octanol–water partition coefficient (Wildman–Crippen LogP) is 3.79. The minimum absolute atomic E-state index is 0. The molecule has 1 aliphatic heterocycles. The van der Waals surface area contributed by atoms with Crippen molar-refractivity contribution in [3.05, 3.63) is 109 Å². The Labute approximate surface area is 241 Å². The van der Waals surface area contributed by atoms with Gasteiger partial charge in [-0.25, -0.2) is 13.4 Å². The van der Waals surface area contributed by atoms with Gasteiger partial charge in [0.25, 0.3) is 5.91 Å². The third-order valence-electron chi connectivity index (χ3n) is 6.78. The summed E-state index contributed by atoms with van der Waals surface area (Å²) in [6.45, 7) is 3.77. The molecule has 1 fully saturated rings. The first-order valence-electron chi connectivity index (χ1n) is 12.8. The Morgan fingerprint density at radius 1 is 0.975 bits per heavy atom. The number of hydrogen-bond donors (Lipinski definition) is 2. The SMILES string of the molecule is CS(=O)(=O)Nc1ccc(C(=O)NCC2CN(c3cccc(-n4ccnc4)c3)CCN2Cc2ccccc2)cc1.Cl. The first-order chi connectivity index (χ1) is 18.8.